The fraction of sp³-hybridized carbons (Fsp3) is 0.278. The number of fused-ring (bicyclic) bond motifs is 3. The molecule has 3 aromatic rings. The molecule has 0 saturated heterocycles. The molecule has 1 aliphatic rings. The standard InChI is InChI=1S/C18H18N2O3/c1-10-11(2)20-9-8-13-14(21)15(22)16(12-6-4-3-5-7-12)23-17(13)18(20)19-10/h3-9,14-16,21-22H,1-2H3/t14-,15-,16-/m1/s1. The third-order valence-electron chi connectivity index (χ3n) is 4.58. The number of imidazole rings is 1. The van der Waals surface area contributed by atoms with E-state index in [1.54, 1.807) is 6.07 Å². The van der Waals surface area contributed by atoms with Gasteiger partial charge in [-0.15, -0.1) is 0 Å². The van der Waals surface area contributed by atoms with Crippen molar-refractivity contribution < 1.29 is 14.9 Å². The van der Waals surface area contributed by atoms with Crippen LogP contribution in [0.25, 0.3) is 5.65 Å². The van der Waals surface area contributed by atoms with Crippen LogP contribution >= 0.6 is 0 Å². The summed E-state index contributed by atoms with van der Waals surface area (Å²) >= 11 is 0. The quantitative estimate of drug-likeness (QED) is 0.724. The van der Waals surface area contributed by atoms with Crippen molar-refractivity contribution in [3.05, 3.63) is 65.1 Å². The van der Waals surface area contributed by atoms with Crippen molar-refractivity contribution >= 4 is 5.65 Å². The highest BCUT2D eigenvalue weighted by atomic mass is 16.5. The van der Waals surface area contributed by atoms with Crippen LogP contribution in [0.2, 0.25) is 0 Å². The Hall–Kier alpha value is -2.37. The number of nitrogens with zero attached hydrogens (tertiary/aromatic N) is 2. The second kappa shape index (κ2) is 5.08. The molecule has 118 valence electrons. The molecule has 2 aromatic heterocycles. The van der Waals surface area contributed by atoms with E-state index >= 15 is 0 Å². The van der Waals surface area contributed by atoms with E-state index in [9.17, 15) is 10.2 Å². The molecule has 1 aromatic carbocycles. The maximum Gasteiger partial charge on any atom is 0.180 e. The Morgan fingerprint density at radius 2 is 1.83 bits per heavy atom. The maximum absolute atomic E-state index is 10.5. The Balaban J connectivity index is 1.90. The third-order valence-corrected chi connectivity index (χ3v) is 4.58. The van der Waals surface area contributed by atoms with Gasteiger partial charge < -0.3 is 19.4 Å². The number of hydrogen-bond donors (Lipinski definition) is 2. The first-order chi connectivity index (χ1) is 11.1. The molecule has 0 bridgehead atoms. The molecule has 5 nitrogen and oxygen atoms in total. The Bertz CT molecular complexity index is 873. The monoisotopic (exact) mass is 310 g/mol. The van der Waals surface area contributed by atoms with Crippen LogP contribution in [0.15, 0.2) is 42.6 Å². The molecule has 0 fully saturated rings. The van der Waals surface area contributed by atoms with Crippen LogP contribution in [0, 0.1) is 13.8 Å². The van der Waals surface area contributed by atoms with E-state index in [1.165, 1.54) is 0 Å². The lowest BCUT2D eigenvalue weighted by Crippen LogP contribution is -2.34. The van der Waals surface area contributed by atoms with Gasteiger partial charge in [-0.25, -0.2) is 4.98 Å². The van der Waals surface area contributed by atoms with Gasteiger partial charge in [0.1, 0.15) is 12.2 Å². The molecule has 0 unspecified atom stereocenters. The van der Waals surface area contributed by atoms with Crippen LogP contribution < -0.4 is 4.74 Å². The van der Waals surface area contributed by atoms with Gasteiger partial charge in [-0.1, -0.05) is 30.3 Å². The van der Waals surface area contributed by atoms with E-state index in [1.807, 2.05) is 54.8 Å². The van der Waals surface area contributed by atoms with Crippen LogP contribution in [-0.4, -0.2) is 25.7 Å². The normalized spacial score (nSPS) is 23.6. The van der Waals surface area contributed by atoms with Gasteiger partial charge in [0, 0.05) is 17.5 Å². The summed E-state index contributed by atoms with van der Waals surface area (Å²) in [6.07, 6.45) is -0.802. The average molecular weight is 310 g/mol. The summed E-state index contributed by atoms with van der Waals surface area (Å²) in [5, 5.41) is 21.0. The van der Waals surface area contributed by atoms with Gasteiger partial charge >= 0.3 is 0 Å². The van der Waals surface area contributed by atoms with Gasteiger partial charge in [0.2, 0.25) is 0 Å². The molecule has 0 amide bonds. The highest BCUT2D eigenvalue weighted by molar-refractivity contribution is 5.62. The molecule has 2 N–H and O–H groups in total. The second-order valence-electron chi connectivity index (χ2n) is 5.96. The van der Waals surface area contributed by atoms with Crippen molar-refractivity contribution in [1.82, 2.24) is 9.38 Å². The second-order valence-corrected chi connectivity index (χ2v) is 5.96. The first-order valence-corrected chi connectivity index (χ1v) is 7.64. The highest BCUT2D eigenvalue weighted by Crippen LogP contribution is 2.43. The Kier molecular flexibility index (Phi) is 3.14. The third kappa shape index (κ3) is 2.04. The van der Waals surface area contributed by atoms with E-state index in [4.69, 9.17) is 4.74 Å². The lowest BCUT2D eigenvalue weighted by molar-refractivity contribution is -0.0695. The number of rotatable bonds is 1. The molecule has 0 aliphatic carbocycles. The number of aliphatic hydroxyl groups excluding tert-OH is 2. The molecule has 4 rings (SSSR count). The summed E-state index contributed by atoms with van der Waals surface area (Å²) in [6, 6.07) is 11.2. The number of benzene rings is 1. The minimum Gasteiger partial charge on any atom is -0.479 e. The molecule has 3 heterocycles. The highest BCUT2D eigenvalue weighted by Gasteiger charge is 2.38. The van der Waals surface area contributed by atoms with Crippen molar-refractivity contribution in [2.24, 2.45) is 0 Å². The van der Waals surface area contributed by atoms with Crippen molar-refractivity contribution in [3.63, 3.8) is 0 Å². The molecule has 23 heavy (non-hydrogen) atoms. The lowest BCUT2D eigenvalue weighted by atomic mass is 9.93. The first kappa shape index (κ1) is 14.2. The van der Waals surface area contributed by atoms with E-state index in [0.29, 0.717) is 17.0 Å². The van der Waals surface area contributed by atoms with E-state index < -0.39 is 18.3 Å². The van der Waals surface area contributed by atoms with Crippen molar-refractivity contribution in [2.45, 2.75) is 32.2 Å². The van der Waals surface area contributed by atoms with Crippen LogP contribution in [-0.2, 0) is 0 Å². The Morgan fingerprint density at radius 3 is 2.57 bits per heavy atom. The summed E-state index contributed by atoms with van der Waals surface area (Å²) in [4.78, 5) is 4.56. The lowest BCUT2D eigenvalue weighted by Gasteiger charge is -2.34. The molecule has 0 saturated carbocycles. The summed E-state index contributed by atoms with van der Waals surface area (Å²) in [5.74, 6) is 0.537. The van der Waals surface area contributed by atoms with E-state index in [0.717, 1.165) is 17.0 Å². The summed E-state index contributed by atoms with van der Waals surface area (Å²) < 4.78 is 8.03. The molecule has 0 spiro atoms. The molecule has 5 heteroatoms. The molecular weight excluding hydrogens is 292 g/mol. The van der Waals surface area contributed by atoms with Crippen molar-refractivity contribution in [3.8, 4) is 5.75 Å². The number of pyridine rings is 1. The van der Waals surface area contributed by atoms with Gasteiger partial charge in [-0.2, -0.15) is 0 Å². The fourth-order valence-corrected chi connectivity index (χ4v) is 3.14. The van der Waals surface area contributed by atoms with Gasteiger partial charge in [-0.05, 0) is 25.5 Å². The van der Waals surface area contributed by atoms with Crippen LogP contribution in [0.1, 0.15) is 34.7 Å². The van der Waals surface area contributed by atoms with Gasteiger partial charge in [-0.3, -0.25) is 0 Å². The molecule has 1 aliphatic heterocycles. The SMILES string of the molecule is Cc1nc2c3c(ccn2c1C)[C@@H](O)[C@@H](O)[C@@H](c1ccccc1)O3. The zero-order valence-corrected chi connectivity index (χ0v) is 13.0. The van der Waals surface area contributed by atoms with E-state index in [2.05, 4.69) is 4.98 Å². The number of aryl methyl sites for hydroxylation is 2. The summed E-state index contributed by atoms with van der Waals surface area (Å²) in [6.45, 7) is 3.93. The largest absolute Gasteiger partial charge is 0.479 e. The van der Waals surface area contributed by atoms with E-state index in [-0.39, 0.29) is 0 Å². The molecule has 0 radical (unpaired) electrons. The van der Waals surface area contributed by atoms with Gasteiger partial charge in [0.05, 0.1) is 5.69 Å². The predicted octanol–water partition coefficient (Wildman–Crippen LogP) is 2.48. The zero-order chi connectivity index (χ0) is 16.1. The molecular formula is C18H18N2O3. The predicted molar refractivity (Wildman–Crippen MR) is 85.4 cm³/mol. The maximum atomic E-state index is 10.5. The smallest absolute Gasteiger partial charge is 0.180 e. The summed E-state index contributed by atoms with van der Waals surface area (Å²) in [7, 11) is 0. The van der Waals surface area contributed by atoms with Crippen molar-refractivity contribution in [1.29, 1.82) is 0 Å². The first-order valence-electron chi connectivity index (χ1n) is 7.64. The number of aromatic nitrogens is 2. The zero-order valence-electron chi connectivity index (χ0n) is 13.0. The summed E-state index contributed by atoms with van der Waals surface area (Å²) in [5.41, 5.74) is 4.01. The topological polar surface area (TPSA) is 67.0 Å². The van der Waals surface area contributed by atoms with Crippen LogP contribution in [0.5, 0.6) is 5.75 Å². The van der Waals surface area contributed by atoms with Crippen molar-refractivity contribution in [2.75, 3.05) is 0 Å². The number of hydrogen-bond acceptors (Lipinski definition) is 4. The van der Waals surface area contributed by atoms with Gasteiger partial charge in [0.25, 0.3) is 0 Å². The number of aliphatic hydroxyl groups is 2. The Morgan fingerprint density at radius 1 is 1.09 bits per heavy atom. The van der Waals surface area contributed by atoms with Crippen LogP contribution in [0.4, 0.5) is 0 Å². The number of ether oxygens (including phenoxy) is 1. The van der Waals surface area contributed by atoms with Crippen LogP contribution in [0.3, 0.4) is 0 Å². The minimum atomic E-state index is -1.02. The van der Waals surface area contributed by atoms with Gasteiger partial charge in [0.15, 0.2) is 17.5 Å². The fourth-order valence-electron chi connectivity index (χ4n) is 3.14. The minimum absolute atomic E-state index is 0.537. The molecule has 3 atom stereocenters. The average Bonchev–Trinajstić information content (AvgIpc) is 2.86. The Labute approximate surface area is 133 Å².